The largest absolute Gasteiger partial charge is 2.00 e. The first-order valence-electron chi connectivity index (χ1n) is 14.9. The van der Waals surface area contributed by atoms with Gasteiger partial charge in [0.25, 0.3) is 0 Å². The molecule has 0 bridgehead atoms. The van der Waals surface area contributed by atoms with Gasteiger partial charge in [-0.2, -0.15) is 0 Å². The summed E-state index contributed by atoms with van der Waals surface area (Å²) in [6.07, 6.45) is 40.6. The van der Waals surface area contributed by atoms with Gasteiger partial charge in [-0.1, -0.05) is 43.5 Å². The van der Waals surface area contributed by atoms with E-state index in [1.54, 1.807) is 11.3 Å². The maximum atomic E-state index is 9.75. The molecule has 2 saturated heterocycles. The van der Waals surface area contributed by atoms with E-state index in [1.165, 1.54) is 64.2 Å². The first-order valence-corrected chi connectivity index (χ1v) is 17.9. The molecule has 0 unspecified atom stereocenters. The van der Waals surface area contributed by atoms with Crippen molar-refractivity contribution < 1.29 is 53.8 Å². The number of hydrogen-bond donors (Lipinski definition) is 0. The minimum atomic E-state index is -6.00. The quantitative estimate of drug-likeness (QED) is 0.145. The Morgan fingerprint density at radius 3 is 0.976 bits per heavy atom. The standard InChI is InChI=1S/2C12H18P.C8H12.BF4.Fe.Rh/c2*1-3-10-9-11(4-2)13(10)12-7-5-6-8-12;1-2-4-6-8-7-5-3-1;2-1(3,4)5;;/h2*5-8,10-11H,3-4,9H2,1-2H3;1-2,7-8H,3-6H2;;;/q;;;-1;+2;/t2*10-,11-;;;;/m11..../s1. The Morgan fingerprint density at radius 2 is 0.780 bits per heavy atom. The zero-order valence-corrected chi connectivity index (χ0v) is 29.5. The van der Waals surface area contributed by atoms with Gasteiger partial charge in [0, 0.05) is 30.8 Å². The molecule has 2 heterocycles. The van der Waals surface area contributed by atoms with Crippen LogP contribution in [0.25, 0.3) is 0 Å². The Balaban J connectivity index is 0.000000541. The van der Waals surface area contributed by atoms with Crippen LogP contribution in [-0.4, -0.2) is 29.9 Å². The summed E-state index contributed by atoms with van der Waals surface area (Å²) < 4.78 is 39.0. The van der Waals surface area contributed by atoms with Gasteiger partial charge in [0.2, 0.25) is 0 Å². The zero-order valence-electron chi connectivity index (χ0n) is 25.0. The Labute approximate surface area is 278 Å². The van der Waals surface area contributed by atoms with Crippen molar-refractivity contribution in [2.75, 3.05) is 0 Å². The molecule has 0 spiro atoms. The molecule has 2 aliphatic heterocycles. The molecule has 41 heavy (non-hydrogen) atoms. The average Bonchev–Trinajstić information content (AvgIpc) is 3.53. The third kappa shape index (κ3) is 16.3. The van der Waals surface area contributed by atoms with E-state index >= 15 is 0 Å². The number of halogens is 4. The normalized spacial score (nSPS) is 29.3. The summed E-state index contributed by atoms with van der Waals surface area (Å²) in [6.45, 7) is 9.37. The molecule has 5 fully saturated rings. The fourth-order valence-electron chi connectivity index (χ4n) is 5.63. The van der Waals surface area contributed by atoms with E-state index < -0.39 is 7.25 Å². The predicted octanol–water partition coefficient (Wildman–Crippen LogP) is 11.3. The number of hydrogen-bond acceptors (Lipinski definition) is 0. The molecule has 9 heteroatoms. The molecule has 233 valence electrons. The minimum absolute atomic E-state index is 0. The van der Waals surface area contributed by atoms with Crippen molar-refractivity contribution in [2.45, 2.75) is 115 Å². The monoisotopic (exact) mass is 740 g/mol. The van der Waals surface area contributed by atoms with Crippen molar-refractivity contribution >= 4 is 23.1 Å². The molecule has 0 N–H and O–H groups in total. The smallest absolute Gasteiger partial charge is 0.418 e. The van der Waals surface area contributed by atoms with Crippen LogP contribution in [0, 0.1) is 88.4 Å². The van der Waals surface area contributed by atoms with Crippen molar-refractivity contribution in [3.8, 4) is 0 Å². The Kier molecular flexibility index (Phi) is 25.1. The van der Waals surface area contributed by atoms with Crippen LogP contribution < -0.4 is 0 Å². The summed E-state index contributed by atoms with van der Waals surface area (Å²) in [7, 11) is -5.57. The van der Waals surface area contributed by atoms with Gasteiger partial charge in [-0.3, -0.25) is 0 Å². The molecule has 15 radical (unpaired) electrons. The van der Waals surface area contributed by atoms with Gasteiger partial charge >= 0.3 is 24.3 Å². The van der Waals surface area contributed by atoms with E-state index in [2.05, 4.69) is 105 Å². The first kappa shape index (κ1) is 42.8. The molecule has 5 aliphatic rings. The Hall–Kier alpha value is 1.79. The fraction of sp³-hybridized carbons (Fsp3) is 0.562. The molecule has 0 aromatic carbocycles. The van der Waals surface area contributed by atoms with E-state index in [9.17, 15) is 17.3 Å². The summed E-state index contributed by atoms with van der Waals surface area (Å²) in [5.74, 6) is 0. The van der Waals surface area contributed by atoms with Gasteiger partial charge in [0.15, 0.2) is 0 Å². The maximum Gasteiger partial charge on any atom is 2.00 e. The topological polar surface area (TPSA) is 0 Å². The molecule has 5 rings (SSSR count). The van der Waals surface area contributed by atoms with Crippen LogP contribution in [0.4, 0.5) is 17.3 Å². The molecule has 3 saturated carbocycles. The zero-order chi connectivity index (χ0) is 28.7. The summed E-state index contributed by atoms with van der Waals surface area (Å²) >= 11 is 0. The average molecular weight is 740 g/mol. The van der Waals surface area contributed by atoms with Crippen LogP contribution in [0.15, 0.2) is 0 Å². The maximum absolute atomic E-state index is 9.75. The van der Waals surface area contributed by atoms with Crippen molar-refractivity contribution in [1.29, 1.82) is 0 Å². The van der Waals surface area contributed by atoms with Crippen LogP contribution in [-0.2, 0) is 36.5 Å². The van der Waals surface area contributed by atoms with Crippen molar-refractivity contribution in [2.24, 2.45) is 0 Å². The van der Waals surface area contributed by atoms with E-state index in [-0.39, 0.29) is 52.4 Å². The predicted molar refractivity (Wildman–Crippen MR) is 166 cm³/mol. The fourth-order valence-corrected chi connectivity index (χ4v) is 12.3. The van der Waals surface area contributed by atoms with E-state index in [0.29, 0.717) is 0 Å². The molecule has 3 aliphatic carbocycles. The Morgan fingerprint density at radius 1 is 0.561 bits per heavy atom. The van der Waals surface area contributed by atoms with E-state index in [0.717, 1.165) is 22.6 Å². The van der Waals surface area contributed by atoms with Gasteiger partial charge < -0.3 is 17.3 Å². The van der Waals surface area contributed by atoms with Crippen molar-refractivity contribution in [3.05, 3.63) is 88.4 Å². The second-order valence-electron chi connectivity index (χ2n) is 10.4. The van der Waals surface area contributed by atoms with Crippen LogP contribution >= 0.6 is 15.8 Å². The van der Waals surface area contributed by atoms with Crippen LogP contribution in [0.2, 0.25) is 0 Å². The summed E-state index contributed by atoms with van der Waals surface area (Å²) in [6, 6.07) is 0. The minimum Gasteiger partial charge on any atom is -0.418 e. The molecule has 0 amide bonds. The van der Waals surface area contributed by atoms with Gasteiger partial charge in [-0.05, 0) is 164 Å². The first-order chi connectivity index (χ1) is 18.7. The Bertz CT molecular complexity index is 533. The molecular weight excluding hydrogens is 692 g/mol. The molecule has 0 nitrogen and oxygen atoms in total. The van der Waals surface area contributed by atoms with E-state index in [4.69, 9.17) is 0 Å². The summed E-state index contributed by atoms with van der Waals surface area (Å²) in [4.78, 5) is 0. The third-order valence-corrected chi connectivity index (χ3v) is 15.0. The molecular formula is C32H48BF4FeP2Rh+. The van der Waals surface area contributed by atoms with Crippen molar-refractivity contribution in [1.82, 2.24) is 0 Å². The molecule has 0 aromatic rings. The van der Waals surface area contributed by atoms with Gasteiger partial charge in [-0.25, -0.2) is 0 Å². The van der Waals surface area contributed by atoms with Crippen LogP contribution in [0.1, 0.15) is 91.9 Å². The van der Waals surface area contributed by atoms with Crippen LogP contribution in [0.5, 0.6) is 0 Å². The molecule has 0 aromatic heterocycles. The van der Waals surface area contributed by atoms with Gasteiger partial charge in [0.1, 0.15) is 0 Å². The van der Waals surface area contributed by atoms with Gasteiger partial charge in [0.05, 0.1) is 0 Å². The van der Waals surface area contributed by atoms with Gasteiger partial charge in [-0.15, -0.1) is 0 Å². The SMILES string of the molecule is CC[C@@H]1C[C@@H](CC)P1[C]1[CH][CH][CH][CH]1.CC[C@@H]1C[C@@H](CC)P1[C]1[CH][CH][CH][CH]1.F[B-](F)(F)F.[CH]1[CH]CC[CH][CH]CC1.[Fe+2].[Rh]. The number of rotatable bonds is 6. The third-order valence-electron chi connectivity index (χ3n) is 7.77. The van der Waals surface area contributed by atoms with E-state index in [1.807, 2.05) is 0 Å². The summed E-state index contributed by atoms with van der Waals surface area (Å²) in [5.41, 5.74) is 7.43. The molecule has 4 atom stereocenters. The summed E-state index contributed by atoms with van der Waals surface area (Å²) in [5, 5.41) is 0. The second-order valence-corrected chi connectivity index (χ2v) is 16.0. The van der Waals surface area contributed by atoms with Crippen molar-refractivity contribution in [3.63, 3.8) is 0 Å². The second kappa shape index (κ2) is 24.0. The van der Waals surface area contributed by atoms with Crippen LogP contribution in [0.3, 0.4) is 0 Å².